The SMILES string of the molecule is CC(C)COC(=O)Cc1ccc(OC(=O)C(F)(F)C(F)(F)C(F)(F)F)c(OC(=O)C(F)(F)C(F)(F)C(F)(F)F)c1. The van der Waals surface area contributed by atoms with Crippen LogP contribution in [0.4, 0.5) is 61.5 Å². The van der Waals surface area contributed by atoms with Crippen molar-refractivity contribution in [3.63, 3.8) is 0 Å². The predicted molar refractivity (Wildman–Crippen MR) is 99.1 cm³/mol. The number of hydrogen-bond acceptors (Lipinski definition) is 6. The monoisotopic (exact) mass is 616 g/mol. The molecule has 0 aromatic heterocycles. The van der Waals surface area contributed by atoms with Crippen LogP contribution >= 0.6 is 0 Å². The van der Waals surface area contributed by atoms with E-state index in [1.165, 1.54) is 0 Å². The third kappa shape index (κ3) is 7.04. The molecule has 20 heteroatoms. The summed E-state index contributed by atoms with van der Waals surface area (Å²) in [6.45, 7) is 2.93. The van der Waals surface area contributed by atoms with Crippen molar-refractivity contribution in [2.75, 3.05) is 6.61 Å². The van der Waals surface area contributed by atoms with Gasteiger partial charge in [-0.25, -0.2) is 9.59 Å². The van der Waals surface area contributed by atoms with Crippen molar-refractivity contribution >= 4 is 17.9 Å². The number of esters is 3. The van der Waals surface area contributed by atoms with E-state index < -0.39 is 77.4 Å². The van der Waals surface area contributed by atoms with Crippen LogP contribution in [-0.4, -0.2) is 60.6 Å². The maximum atomic E-state index is 13.7. The van der Waals surface area contributed by atoms with Crippen LogP contribution in [0.3, 0.4) is 0 Å². The number of hydrogen-bond donors (Lipinski definition) is 0. The number of rotatable bonds is 10. The van der Waals surface area contributed by atoms with Crippen molar-refractivity contribution in [2.45, 2.75) is 56.3 Å². The zero-order chi connectivity index (χ0) is 31.7. The Morgan fingerprint density at radius 3 is 1.45 bits per heavy atom. The highest BCUT2D eigenvalue weighted by molar-refractivity contribution is 5.84. The third-order valence-corrected chi connectivity index (χ3v) is 4.35. The lowest BCUT2D eigenvalue weighted by molar-refractivity contribution is -0.347. The number of carbonyl (C=O) groups is 3. The van der Waals surface area contributed by atoms with Gasteiger partial charge in [0.15, 0.2) is 11.5 Å². The van der Waals surface area contributed by atoms with Crippen molar-refractivity contribution in [1.29, 1.82) is 0 Å². The molecule has 0 saturated heterocycles. The second-order valence-corrected chi connectivity index (χ2v) is 8.11. The fraction of sp³-hybridized carbons (Fsp3) is 0.550. The van der Waals surface area contributed by atoms with Crippen LogP contribution in [0, 0.1) is 5.92 Å². The Kier molecular flexibility index (Phi) is 9.76. The van der Waals surface area contributed by atoms with Crippen LogP contribution in [0.15, 0.2) is 18.2 Å². The van der Waals surface area contributed by atoms with E-state index in [4.69, 9.17) is 4.74 Å². The molecule has 40 heavy (non-hydrogen) atoms. The van der Waals surface area contributed by atoms with E-state index in [0.29, 0.717) is 6.07 Å². The minimum atomic E-state index is -7.12. The Hall–Kier alpha value is -3.35. The molecule has 0 radical (unpaired) electrons. The first-order chi connectivity index (χ1) is 17.7. The molecule has 0 spiro atoms. The summed E-state index contributed by atoms with van der Waals surface area (Å²) in [5, 5.41) is 0. The molecule has 0 bridgehead atoms. The van der Waals surface area contributed by atoms with Crippen LogP contribution < -0.4 is 9.47 Å². The summed E-state index contributed by atoms with van der Waals surface area (Å²) < 4.78 is 193. The average Bonchev–Trinajstić information content (AvgIpc) is 2.77. The molecular formula is C20H14F14O6. The van der Waals surface area contributed by atoms with Crippen LogP contribution in [0.25, 0.3) is 0 Å². The third-order valence-electron chi connectivity index (χ3n) is 4.35. The summed E-state index contributed by atoms with van der Waals surface area (Å²) in [7, 11) is 0. The molecule has 0 aliphatic carbocycles. The molecule has 0 aliphatic rings. The summed E-state index contributed by atoms with van der Waals surface area (Å²) in [6.07, 6.45) is -15.1. The van der Waals surface area contributed by atoms with E-state index in [-0.39, 0.29) is 24.7 Å². The van der Waals surface area contributed by atoms with E-state index in [9.17, 15) is 75.8 Å². The van der Waals surface area contributed by atoms with Gasteiger partial charge in [0.25, 0.3) is 0 Å². The van der Waals surface area contributed by atoms with E-state index in [1.54, 1.807) is 13.8 Å². The summed E-state index contributed by atoms with van der Waals surface area (Å²) in [4.78, 5) is 34.8. The molecule has 0 saturated carbocycles. The van der Waals surface area contributed by atoms with E-state index in [0.717, 1.165) is 0 Å². The van der Waals surface area contributed by atoms with Gasteiger partial charge in [0.05, 0.1) is 13.0 Å². The number of alkyl halides is 14. The Labute approximate surface area is 213 Å². The van der Waals surface area contributed by atoms with Crippen LogP contribution in [0.2, 0.25) is 0 Å². The first kappa shape index (κ1) is 34.7. The van der Waals surface area contributed by atoms with Crippen molar-refractivity contribution in [2.24, 2.45) is 5.92 Å². The minimum Gasteiger partial charge on any atom is -0.465 e. The van der Waals surface area contributed by atoms with Gasteiger partial charge in [-0.05, 0) is 23.6 Å². The second-order valence-electron chi connectivity index (χ2n) is 8.11. The van der Waals surface area contributed by atoms with Crippen molar-refractivity contribution < 1.29 is 90.1 Å². The Balaban J connectivity index is 3.52. The van der Waals surface area contributed by atoms with Gasteiger partial charge < -0.3 is 14.2 Å². The van der Waals surface area contributed by atoms with Gasteiger partial charge in [-0.2, -0.15) is 61.5 Å². The highest BCUT2D eigenvalue weighted by Gasteiger charge is 2.78. The summed E-state index contributed by atoms with van der Waals surface area (Å²) in [5.74, 6) is -40.4. The molecule has 1 aromatic rings. The molecule has 0 aliphatic heterocycles. The smallest absolute Gasteiger partial charge is 0.460 e. The van der Waals surface area contributed by atoms with Crippen LogP contribution in [-0.2, 0) is 25.5 Å². The quantitative estimate of drug-likeness (QED) is 0.185. The second kappa shape index (κ2) is 11.3. The maximum Gasteiger partial charge on any atom is 0.460 e. The first-order valence-corrected chi connectivity index (χ1v) is 10.1. The number of carbonyl (C=O) groups excluding carboxylic acids is 3. The zero-order valence-electron chi connectivity index (χ0n) is 19.5. The molecule has 1 rings (SSSR count). The van der Waals surface area contributed by atoms with Gasteiger partial charge >= 0.3 is 54.0 Å². The van der Waals surface area contributed by atoms with Crippen molar-refractivity contribution in [3.8, 4) is 11.5 Å². The Bertz CT molecular complexity index is 1110. The van der Waals surface area contributed by atoms with Crippen molar-refractivity contribution in [3.05, 3.63) is 23.8 Å². The van der Waals surface area contributed by atoms with Crippen LogP contribution in [0.1, 0.15) is 19.4 Å². The van der Waals surface area contributed by atoms with Gasteiger partial charge in [0.2, 0.25) is 0 Å². The van der Waals surface area contributed by atoms with E-state index >= 15 is 0 Å². The largest absolute Gasteiger partial charge is 0.465 e. The molecule has 1 aromatic carbocycles. The normalized spacial score (nSPS) is 13.7. The number of halogens is 14. The minimum absolute atomic E-state index is 0.0768. The molecular weight excluding hydrogens is 602 g/mol. The number of benzene rings is 1. The first-order valence-electron chi connectivity index (χ1n) is 10.1. The Morgan fingerprint density at radius 1 is 0.675 bits per heavy atom. The van der Waals surface area contributed by atoms with Gasteiger partial charge in [-0.15, -0.1) is 0 Å². The molecule has 6 nitrogen and oxygen atoms in total. The van der Waals surface area contributed by atoms with Gasteiger partial charge in [0, 0.05) is 0 Å². The molecule has 0 heterocycles. The highest BCUT2D eigenvalue weighted by Crippen LogP contribution is 2.49. The topological polar surface area (TPSA) is 78.9 Å². The molecule has 0 fully saturated rings. The Morgan fingerprint density at radius 2 is 1.07 bits per heavy atom. The van der Waals surface area contributed by atoms with Gasteiger partial charge in [0.1, 0.15) is 0 Å². The zero-order valence-corrected chi connectivity index (χ0v) is 19.5. The number of ether oxygens (including phenoxy) is 3. The average molecular weight is 616 g/mol. The van der Waals surface area contributed by atoms with Gasteiger partial charge in [-0.3, -0.25) is 4.79 Å². The fourth-order valence-electron chi connectivity index (χ4n) is 2.24. The van der Waals surface area contributed by atoms with Crippen molar-refractivity contribution in [1.82, 2.24) is 0 Å². The van der Waals surface area contributed by atoms with Crippen LogP contribution in [0.5, 0.6) is 11.5 Å². The van der Waals surface area contributed by atoms with Gasteiger partial charge in [-0.1, -0.05) is 19.9 Å². The fourth-order valence-corrected chi connectivity index (χ4v) is 2.24. The maximum absolute atomic E-state index is 13.7. The molecule has 0 amide bonds. The molecule has 228 valence electrons. The summed E-state index contributed by atoms with van der Waals surface area (Å²) in [6, 6.07) is 0.686. The lowest BCUT2D eigenvalue weighted by Gasteiger charge is -2.27. The molecule has 0 unspecified atom stereocenters. The summed E-state index contributed by atoms with van der Waals surface area (Å²) >= 11 is 0. The summed E-state index contributed by atoms with van der Waals surface area (Å²) in [5.41, 5.74) is -0.574. The highest BCUT2D eigenvalue weighted by atomic mass is 19.4. The lowest BCUT2D eigenvalue weighted by Crippen LogP contribution is -2.57. The lowest BCUT2D eigenvalue weighted by atomic mass is 10.1. The molecule has 0 atom stereocenters. The predicted octanol–water partition coefficient (Wildman–Crippen LogP) is 5.90. The van der Waals surface area contributed by atoms with E-state index in [1.807, 2.05) is 0 Å². The standard InChI is InChI=1S/C20H14F14O6/c1-8(2)7-38-12(35)6-9-3-4-10(39-13(36)15(21,22)17(25,26)19(29,30)31)11(5-9)40-14(37)16(23,24)18(27,28)20(32,33)34/h3-5,8H,6-7H2,1-2H3. The molecule has 0 N–H and O–H groups in total. The van der Waals surface area contributed by atoms with E-state index in [2.05, 4.69) is 9.47 Å².